The highest BCUT2D eigenvalue weighted by molar-refractivity contribution is 7.89. The molecule has 2 amide bonds. The summed E-state index contributed by atoms with van der Waals surface area (Å²) in [5.74, 6) is -0.221. The van der Waals surface area contributed by atoms with E-state index in [1.165, 1.54) is 9.21 Å². The zero-order valence-electron chi connectivity index (χ0n) is 9.76. The third-order valence-electron chi connectivity index (χ3n) is 3.14. The summed E-state index contributed by atoms with van der Waals surface area (Å²) in [4.78, 5) is 24.1. The molecule has 2 aliphatic heterocycles. The SMILES string of the molecule is CCCS(=O)(=O)N1CC(N2C(=O)CCC2=O)C1. The van der Waals surface area contributed by atoms with E-state index in [1.54, 1.807) is 0 Å². The molecule has 0 aromatic heterocycles. The first-order valence-electron chi connectivity index (χ1n) is 5.78. The van der Waals surface area contributed by atoms with Crippen LogP contribution in [-0.2, 0) is 19.6 Å². The zero-order valence-corrected chi connectivity index (χ0v) is 10.6. The molecule has 0 aromatic rings. The van der Waals surface area contributed by atoms with Crippen LogP contribution >= 0.6 is 0 Å². The Morgan fingerprint density at radius 1 is 1.18 bits per heavy atom. The third kappa shape index (κ3) is 2.21. The molecular formula is C10H16N2O4S. The molecule has 2 rings (SSSR count). The topological polar surface area (TPSA) is 74.8 Å². The highest BCUT2D eigenvalue weighted by Gasteiger charge is 2.44. The molecule has 0 radical (unpaired) electrons. The molecule has 0 N–H and O–H groups in total. The molecule has 0 bridgehead atoms. The summed E-state index contributed by atoms with van der Waals surface area (Å²) in [6, 6.07) is -0.246. The van der Waals surface area contributed by atoms with Crippen LogP contribution in [-0.4, -0.2) is 54.3 Å². The third-order valence-corrected chi connectivity index (χ3v) is 5.15. The molecule has 17 heavy (non-hydrogen) atoms. The van der Waals surface area contributed by atoms with Gasteiger partial charge in [-0.3, -0.25) is 14.5 Å². The second kappa shape index (κ2) is 4.38. The number of nitrogens with zero attached hydrogens (tertiary/aromatic N) is 2. The predicted octanol–water partition coefficient (Wildman–Crippen LogP) is -0.441. The fourth-order valence-corrected chi connectivity index (χ4v) is 3.77. The van der Waals surface area contributed by atoms with Gasteiger partial charge in [0.05, 0.1) is 11.8 Å². The molecule has 0 aromatic carbocycles. The maximum Gasteiger partial charge on any atom is 0.230 e. The molecule has 0 aliphatic carbocycles. The Kier molecular flexibility index (Phi) is 3.22. The van der Waals surface area contributed by atoms with Crippen molar-refractivity contribution in [3.63, 3.8) is 0 Å². The Bertz CT molecular complexity index is 423. The van der Waals surface area contributed by atoms with Gasteiger partial charge in [-0.2, -0.15) is 4.31 Å². The number of sulfonamides is 1. The Balaban J connectivity index is 1.95. The maximum atomic E-state index is 11.7. The van der Waals surface area contributed by atoms with E-state index < -0.39 is 10.0 Å². The van der Waals surface area contributed by atoms with Crippen LogP contribution in [0.3, 0.4) is 0 Å². The van der Waals surface area contributed by atoms with Gasteiger partial charge in [0.25, 0.3) is 0 Å². The van der Waals surface area contributed by atoms with Gasteiger partial charge < -0.3 is 0 Å². The highest BCUT2D eigenvalue weighted by Crippen LogP contribution is 2.24. The summed E-state index contributed by atoms with van der Waals surface area (Å²) >= 11 is 0. The Labute approximate surface area is 101 Å². The molecule has 0 saturated carbocycles. The van der Waals surface area contributed by atoms with Crippen molar-refractivity contribution in [2.75, 3.05) is 18.8 Å². The quantitative estimate of drug-likeness (QED) is 0.642. The molecule has 0 spiro atoms. The minimum atomic E-state index is -3.19. The van der Waals surface area contributed by atoms with Gasteiger partial charge in [-0.15, -0.1) is 0 Å². The maximum absolute atomic E-state index is 11.7. The lowest BCUT2D eigenvalue weighted by Gasteiger charge is -2.41. The van der Waals surface area contributed by atoms with Crippen molar-refractivity contribution in [1.82, 2.24) is 9.21 Å². The predicted molar refractivity (Wildman–Crippen MR) is 60.5 cm³/mol. The van der Waals surface area contributed by atoms with Crippen LogP contribution in [0.15, 0.2) is 0 Å². The van der Waals surface area contributed by atoms with Crippen LogP contribution in [0.2, 0.25) is 0 Å². The van der Waals surface area contributed by atoms with E-state index >= 15 is 0 Å². The van der Waals surface area contributed by atoms with E-state index in [-0.39, 0.29) is 49.5 Å². The molecule has 2 saturated heterocycles. The lowest BCUT2D eigenvalue weighted by atomic mass is 10.1. The van der Waals surface area contributed by atoms with Crippen molar-refractivity contribution in [2.24, 2.45) is 0 Å². The average Bonchev–Trinajstić information content (AvgIpc) is 2.46. The fourth-order valence-electron chi connectivity index (χ4n) is 2.20. The molecule has 7 heteroatoms. The largest absolute Gasteiger partial charge is 0.277 e. The molecule has 2 aliphatic rings. The molecule has 0 atom stereocenters. The van der Waals surface area contributed by atoms with Gasteiger partial charge in [0.1, 0.15) is 0 Å². The number of rotatable bonds is 4. The first kappa shape index (κ1) is 12.5. The van der Waals surface area contributed by atoms with Crippen molar-refractivity contribution in [1.29, 1.82) is 0 Å². The second-order valence-electron chi connectivity index (χ2n) is 4.44. The fraction of sp³-hybridized carbons (Fsp3) is 0.800. The highest BCUT2D eigenvalue weighted by atomic mass is 32.2. The van der Waals surface area contributed by atoms with Crippen molar-refractivity contribution in [3.05, 3.63) is 0 Å². The lowest BCUT2D eigenvalue weighted by Crippen LogP contribution is -2.62. The first-order valence-corrected chi connectivity index (χ1v) is 7.39. The minimum absolute atomic E-state index is 0.127. The van der Waals surface area contributed by atoms with Gasteiger partial charge >= 0.3 is 0 Å². The van der Waals surface area contributed by atoms with Gasteiger partial charge in [0.2, 0.25) is 21.8 Å². The number of carbonyl (C=O) groups is 2. The normalized spacial score (nSPS) is 23.2. The Morgan fingerprint density at radius 3 is 2.18 bits per heavy atom. The van der Waals surface area contributed by atoms with Crippen molar-refractivity contribution >= 4 is 21.8 Å². The van der Waals surface area contributed by atoms with Gasteiger partial charge in [-0.05, 0) is 6.42 Å². The van der Waals surface area contributed by atoms with Crippen LogP contribution in [0.1, 0.15) is 26.2 Å². The van der Waals surface area contributed by atoms with Crippen molar-refractivity contribution in [3.8, 4) is 0 Å². The smallest absolute Gasteiger partial charge is 0.230 e. The Hall–Kier alpha value is -0.950. The number of amides is 2. The zero-order chi connectivity index (χ0) is 12.6. The summed E-state index contributed by atoms with van der Waals surface area (Å²) in [7, 11) is -3.19. The van der Waals surface area contributed by atoms with Crippen molar-refractivity contribution in [2.45, 2.75) is 32.2 Å². The first-order chi connectivity index (χ1) is 7.95. The van der Waals surface area contributed by atoms with Crippen LogP contribution < -0.4 is 0 Å². The molecular weight excluding hydrogens is 244 g/mol. The van der Waals surface area contributed by atoms with Crippen LogP contribution in [0.4, 0.5) is 0 Å². The van der Waals surface area contributed by atoms with Crippen LogP contribution in [0, 0.1) is 0 Å². The summed E-state index contributed by atoms with van der Waals surface area (Å²) < 4.78 is 24.7. The summed E-state index contributed by atoms with van der Waals surface area (Å²) in [5.41, 5.74) is 0. The summed E-state index contributed by atoms with van der Waals surface area (Å²) in [5, 5.41) is 0. The van der Waals surface area contributed by atoms with E-state index in [1.807, 2.05) is 6.92 Å². The van der Waals surface area contributed by atoms with Crippen LogP contribution in [0.5, 0.6) is 0 Å². The molecule has 6 nitrogen and oxygen atoms in total. The summed E-state index contributed by atoms with van der Waals surface area (Å²) in [6.45, 7) is 2.34. The van der Waals surface area contributed by atoms with E-state index in [0.717, 1.165) is 0 Å². The monoisotopic (exact) mass is 260 g/mol. The number of hydrogen-bond donors (Lipinski definition) is 0. The van der Waals surface area contributed by atoms with E-state index in [4.69, 9.17) is 0 Å². The molecule has 2 fully saturated rings. The van der Waals surface area contributed by atoms with Gasteiger partial charge in [0, 0.05) is 25.9 Å². The van der Waals surface area contributed by atoms with Gasteiger partial charge in [-0.1, -0.05) is 6.92 Å². The number of carbonyl (C=O) groups excluding carboxylic acids is 2. The standard InChI is InChI=1S/C10H16N2O4S/c1-2-5-17(15,16)11-6-8(7-11)12-9(13)3-4-10(12)14/h8H,2-7H2,1H3. The molecule has 2 heterocycles. The number of likely N-dealkylation sites (tertiary alicyclic amines) is 1. The molecule has 0 unspecified atom stereocenters. The second-order valence-corrected chi connectivity index (χ2v) is 6.53. The average molecular weight is 260 g/mol. The Morgan fingerprint density at radius 2 is 1.71 bits per heavy atom. The molecule has 96 valence electrons. The van der Waals surface area contributed by atoms with Crippen molar-refractivity contribution < 1.29 is 18.0 Å². The number of imide groups is 1. The van der Waals surface area contributed by atoms with Crippen LogP contribution in [0.25, 0.3) is 0 Å². The van der Waals surface area contributed by atoms with E-state index in [0.29, 0.717) is 6.42 Å². The minimum Gasteiger partial charge on any atom is -0.277 e. The number of hydrogen-bond acceptors (Lipinski definition) is 4. The van der Waals surface area contributed by atoms with E-state index in [9.17, 15) is 18.0 Å². The lowest BCUT2D eigenvalue weighted by molar-refractivity contribution is -0.143. The van der Waals surface area contributed by atoms with Gasteiger partial charge in [0.15, 0.2) is 0 Å². The summed E-state index contributed by atoms with van der Waals surface area (Å²) in [6.07, 6.45) is 1.10. The van der Waals surface area contributed by atoms with Gasteiger partial charge in [-0.25, -0.2) is 8.42 Å². The van der Waals surface area contributed by atoms with E-state index in [2.05, 4.69) is 0 Å².